The molecule has 2 atom stereocenters. The van der Waals surface area contributed by atoms with Crippen LogP contribution in [0.15, 0.2) is 66.7 Å². The highest BCUT2D eigenvalue weighted by atomic mass is 16.1. The Bertz CT molecular complexity index is 1060. The average Bonchev–Trinajstić information content (AvgIpc) is 2.76. The van der Waals surface area contributed by atoms with Gasteiger partial charge < -0.3 is 5.73 Å². The SMILES string of the molecule is NC(=O)c1cccc(C23CCCC(C2)N(Cc2ccc4ccccc4c2)CC3)c1. The molecule has 1 aliphatic carbocycles. The molecule has 3 nitrogen and oxygen atoms in total. The summed E-state index contributed by atoms with van der Waals surface area (Å²) in [7, 11) is 0. The number of hydrogen-bond acceptors (Lipinski definition) is 2. The molecule has 0 spiro atoms. The zero-order valence-corrected chi connectivity index (χ0v) is 16.8. The molecule has 0 aromatic heterocycles. The maximum absolute atomic E-state index is 11.7. The number of rotatable bonds is 4. The van der Waals surface area contributed by atoms with Crippen molar-refractivity contribution in [3.05, 3.63) is 83.4 Å². The number of primary amides is 1. The Morgan fingerprint density at radius 3 is 2.72 bits per heavy atom. The Balaban J connectivity index is 1.37. The summed E-state index contributed by atoms with van der Waals surface area (Å²) in [6.07, 6.45) is 6.07. The van der Waals surface area contributed by atoms with E-state index in [1.165, 1.54) is 47.6 Å². The van der Waals surface area contributed by atoms with Crippen molar-refractivity contribution in [3.8, 4) is 0 Å². The predicted octanol–water partition coefficient (Wildman–Crippen LogP) is 5.03. The van der Waals surface area contributed by atoms with E-state index >= 15 is 0 Å². The number of fused-ring (bicyclic) bond motifs is 3. The third kappa shape index (κ3) is 3.44. The fourth-order valence-electron chi connectivity index (χ4n) is 5.60. The van der Waals surface area contributed by atoms with Gasteiger partial charge in [0.15, 0.2) is 0 Å². The first-order valence-corrected chi connectivity index (χ1v) is 10.8. The normalized spacial score (nSPS) is 24.5. The molecule has 2 aliphatic rings. The van der Waals surface area contributed by atoms with E-state index in [4.69, 9.17) is 5.73 Å². The summed E-state index contributed by atoms with van der Waals surface area (Å²) in [5.74, 6) is -0.329. The van der Waals surface area contributed by atoms with Gasteiger partial charge in [0.05, 0.1) is 0 Å². The quantitative estimate of drug-likeness (QED) is 0.686. The Morgan fingerprint density at radius 1 is 1.00 bits per heavy atom. The zero-order chi connectivity index (χ0) is 19.8. The first-order chi connectivity index (χ1) is 14.1. The van der Waals surface area contributed by atoms with Crippen LogP contribution in [0.4, 0.5) is 0 Å². The second-order valence-electron chi connectivity index (χ2n) is 8.88. The molecular formula is C26H28N2O. The molecule has 3 heteroatoms. The number of carbonyl (C=O) groups excluding carboxylic acids is 1. The van der Waals surface area contributed by atoms with E-state index in [0.29, 0.717) is 11.6 Å². The van der Waals surface area contributed by atoms with Gasteiger partial charge in [-0.1, -0.05) is 55.0 Å². The first-order valence-electron chi connectivity index (χ1n) is 10.8. The third-order valence-electron chi connectivity index (χ3n) is 7.17. The smallest absolute Gasteiger partial charge is 0.248 e. The van der Waals surface area contributed by atoms with Gasteiger partial charge in [-0.25, -0.2) is 0 Å². The lowest BCUT2D eigenvalue weighted by atomic mass is 9.63. The van der Waals surface area contributed by atoms with Crippen LogP contribution >= 0.6 is 0 Å². The molecule has 2 N–H and O–H groups in total. The molecule has 0 radical (unpaired) electrons. The van der Waals surface area contributed by atoms with Crippen LogP contribution in [-0.2, 0) is 12.0 Å². The minimum atomic E-state index is -0.329. The lowest BCUT2D eigenvalue weighted by molar-refractivity contribution is 0.0458. The van der Waals surface area contributed by atoms with Gasteiger partial charge in [-0.15, -0.1) is 0 Å². The van der Waals surface area contributed by atoms with Crippen molar-refractivity contribution in [2.75, 3.05) is 6.54 Å². The molecule has 148 valence electrons. The fourth-order valence-corrected chi connectivity index (χ4v) is 5.60. The Hall–Kier alpha value is -2.65. The minimum Gasteiger partial charge on any atom is -0.366 e. The highest BCUT2D eigenvalue weighted by Crippen LogP contribution is 2.47. The second kappa shape index (κ2) is 7.31. The van der Waals surface area contributed by atoms with Gasteiger partial charge in [0, 0.05) is 18.2 Å². The van der Waals surface area contributed by atoms with Gasteiger partial charge >= 0.3 is 0 Å². The van der Waals surface area contributed by atoms with E-state index in [1.807, 2.05) is 18.2 Å². The van der Waals surface area contributed by atoms with Crippen molar-refractivity contribution in [3.63, 3.8) is 0 Å². The zero-order valence-electron chi connectivity index (χ0n) is 16.8. The van der Waals surface area contributed by atoms with Crippen LogP contribution in [0.25, 0.3) is 10.8 Å². The van der Waals surface area contributed by atoms with Gasteiger partial charge in [-0.05, 0) is 77.7 Å². The Kier molecular flexibility index (Phi) is 4.63. The summed E-state index contributed by atoms with van der Waals surface area (Å²) in [6, 6.07) is 24.1. The first kappa shape index (κ1) is 18.4. The highest BCUT2D eigenvalue weighted by molar-refractivity contribution is 5.93. The fraction of sp³-hybridized carbons (Fsp3) is 0.346. The van der Waals surface area contributed by atoms with Gasteiger partial charge in [0.2, 0.25) is 5.91 Å². The topological polar surface area (TPSA) is 46.3 Å². The lowest BCUT2D eigenvalue weighted by Crippen LogP contribution is -2.51. The van der Waals surface area contributed by atoms with Gasteiger partial charge in [-0.2, -0.15) is 0 Å². The molecule has 1 saturated carbocycles. The molecule has 2 bridgehead atoms. The van der Waals surface area contributed by atoms with E-state index in [-0.39, 0.29) is 11.3 Å². The number of hydrogen-bond donors (Lipinski definition) is 1. The maximum atomic E-state index is 11.7. The summed E-state index contributed by atoms with van der Waals surface area (Å²) in [6.45, 7) is 2.13. The van der Waals surface area contributed by atoms with Crippen LogP contribution < -0.4 is 5.73 Å². The molecule has 2 fully saturated rings. The highest BCUT2D eigenvalue weighted by Gasteiger charge is 2.43. The summed E-state index contributed by atoms with van der Waals surface area (Å²) in [5.41, 5.74) is 9.09. The standard InChI is InChI=1S/C26H28N2O/c27-25(29)22-7-3-8-23(16-22)26-12-4-9-24(17-26)28(14-13-26)18-19-10-11-20-5-1-2-6-21(20)15-19/h1-3,5-8,10-11,15-16,24H,4,9,12-14,17-18H2,(H2,27,29). The van der Waals surface area contributed by atoms with Crippen molar-refractivity contribution in [1.82, 2.24) is 4.90 Å². The van der Waals surface area contributed by atoms with E-state index in [2.05, 4.69) is 53.4 Å². The minimum absolute atomic E-state index is 0.203. The maximum Gasteiger partial charge on any atom is 0.248 e. The molecule has 1 amide bonds. The van der Waals surface area contributed by atoms with E-state index in [0.717, 1.165) is 19.5 Å². The number of amides is 1. The van der Waals surface area contributed by atoms with Gasteiger partial charge in [-0.3, -0.25) is 9.69 Å². The van der Waals surface area contributed by atoms with Crippen LogP contribution in [0.5, 0.6) is 0 Å². The summed E-state index contributed by atoms with van der Waals surface area (Å²) in [4.78, 5) is 14.3. The number of benzene rings is 3. The van der Waals surface area contributed by atoms with Crippen LogP contribution in [0.1, 0.15) is 53.6 Å². The van der Waals surface area contributed by atoms with Crippen LogP contribution in [0, 0.1) is 0 Å². The van der Waals surface area contributed by atoms with Crippen LogP contribution in [0.2, 0.25) is 0 Å². The lowest BCUT2D eigenvalue weighted by Gasteiger charge is -2.51. The largest absolute Gasteiger partial charge is 0.366 e. The number of likely N-dealkylation sites (tertiary alicyclic amines) is 1. The van der Waals surface area contributed by atoms with E-state index < -0.39 is 0 Å². The average molecular weight is 385 g/mol. The van der Waals surface area contributed by atoms with Crippen LogP contribution in [0.3, 0.4) is 0 Å². The van der Waals surface area contributed by atoms with Crippen molar-refractivity contribution in [2.24, 2.45) is 5.73 Å². The van der Waals surface area contributed by atoms with Crippen molar-refractivity contribution in [2.45, 2.75) is 50.1 Å². The molecule has 2 unspecified atom stereocenters. The van der Waals surface area contributed by atoms with Crippen molar-refractivity contribution < 1.29 is 4.79 Å². The van der Waals surface area contributed by atoms with E-state index in [1.54, 1.807) is 0 Å². The number of carbonyl (C=O) groups is 1. The molecule has 1 heterocycles. The molecule has 3 aromatic rings. The van der Waals surface area contributed by atoms with Gasteiger partial charge in [0.25, 0.3) is 0 Å². The predicted molar refractivity (Wildman–Crippen MR) is 118 cm³/mol. The van der Waals surface area contributed by atoms with Crippen molar-refractivity contribution in [1.29, 1.82) is 0 Å². The molecule has 3 aromatic carbocycles. The number of piperidine rings is 1. The van der Waals surface area contributed by atoms with Crippen molar-refractivity contribution >= 4 is 16.7 Å². The van der Waals surface area contributed by atoms with Gasteiger partial charge in [0.1, 0.15) is 0 Å². The Labute approximate surface area is 172 Å². The molecular weight excluding hydrogens is 356 g/mol. The number of nitrogens with two attached hydrogens (primary N) is 1. The summed E-state index contributed by atoms with van der Waals surface area (Å²) < 4.78 is 0. The third-order valence-corrected chi connectivity index (χ3v) is 7.17. The van der Waals surface area contributed by atoms with Crippen LogP contribution in [-0.4, -0.2) is 23.4 Å². The number of nitrogens with zero attached hydrogens (tertiary/aromatic N) is 1. The molecule has 1 aliphatic heterocycles. The summed E-state index contributed by atoms with van der Waals surface area (Å²) >= 11 is 0. The molecule has 5 rings (SSSR count). The monoisotopic (exact) mass is 384 g/mol. The second-order valence-corrected chi connectivity index (χ2v) is 8.88. The van der Waals surface area contributed by atoms with E-state index in [9.17, 15) is 4.79 Å². The molecule has 1 saturated heterocycles. The molecule has 29 heavy (non-hydrogen) atoms. The summed E-state index contributed by atoms with van der Waals surface area (Å²) in [5, 5.41) is 2.63. The Morgan fingerprint density at radius 2 is 1.86 bits per heavy atom.